The SMILES string of the molecule is COc1ccc(C(=O)NCc2ccc(CN3CCCCC3)cc2)cc1S(=O)(=O)N(C)OC. The molecule has 8 nitrogen and oxygen atoms in total. The van der Waals surface area contributed by atoms with Crippen LogP contribution >= 0.6 is 0 Å². The lowest BCUT2D eigenvalue weighted by Crippen LogP contribution is -2.29. The third-order valence-corrected chi connectivity index (χ3v) is 7.33. The molecule has 0 spiro atoms. The summed E-state index contributed by atoms with van der Waals surface area (Å²) in [5, 5.41) is 2.85. The molecule has 32 heavy (non-hydrogen) atoms. The number of carbonyl (C=O) groups excluding carboxylic acids is 1. The van der Waals surface area contributed by atoms with Crippen molar-refractivity contribution in [2.45, 2.75) is 37.2 Å². The number of rotatable bonds is 9. The Morgan fingerprint density at radius 1 is 1.03 bits per heavy atom. The Bertz CT molecular complexity index is 1020. The fraction of sp³-hybridized carbons (Fsp3) is 0.435. The number of benzene rings is 2. The zero-order valence-electron chi connectivity index (χ0n) is 18.8. The van der Waals surface area contributed by atoms with Gasteiger partial charge in [-0.3, -0.25) is 14.5 Å². The van der Waals surface area contributed by atoms with Crippen LogP contribution in [0.25, 0.3) is 0 Å². The molecule has 0 aliphatic carbocycles. The fourth-order valence-electron chi connectivity index (χ4n) is 3.68. The van der Waals surface area contributed by atoms with Crippen molar-refractivity contribution in [1.82, 2.24) is 14.7 Å². The minimum Gasteiger partial charge on any atom is -0.495 e. The van der Waals surface area contributed by atoms with Crippen molar-refractivity contribution in [2.75, 3.05) is 34.4 Å². The summed E-state index contributed by atoms with van der Waals surface area (Å²) in [5.41, 5.74) is 2.45. The predicted molar refractivity (Wildman–Crippen MR) is 122 cm³/mol. The van der Waals surface area contributed by atoms with Crippen LogP contribution < -0.4 is 10.1 Å². The zero-order valence-corrected chi connectivity index (χ0v) is 19.7. The van der Waals surface area contributed by atoms with Crippen molar-refractivity contribution >= 4 is 15.9 Å². The monoisotopic (exact) mass is 461 g/mol. The summed E-state index contributed by atoms with van der Waals surface area (Å²) in [4.78, 5) is 19.8. The van der Waals surface area contributed by atoms with E-state index in [0.29, 0.717) is 6.54 Å². The predicted octanol–water partition coefficient (Wildman–Crippen LogP) is 2.79. The van der Waals surface area contributed by atoms with Crippen LogP contribution in [0.15, 0.2) is 47.4 Å². The van der Waals surface area contributed by atoms with Crippen LogP contribution in [-0.2, 0) is 28.0 Å². The van der Waals surface area contributed by atoms with Gasteiger partial charge in [0.05, 0.1) is 14.2 Å². The van der Waals surface area contributed by atoms with Crippen LogP contribution in [0.2, 0.25) is 0 Å². The van der Waals surface area contributed by atoms with Crippen LogP contribution in [0.4, 0.5) is 0 Å². The van der Waals surface area contributed by atoms with Gasteiger partial charge in [-0.1, -0.05) is 35.2 Å². The van der Waals surface area contributed by atoms with E-state index in [0.717, 1.165) is 29.7 Å². The van der Waals surface area contributed by atoms with Crippen LogP contribution in [0, 0.1) is 0 Å². The molecule has 1 aliphatic heterocycles. The average molecular weight is 462 g/mol. The topological polar surface area (TPSA) is 88.2 Å². The summed E-state index contributed by atoms with van der Waals surface area (Å²) in [6.07, 6.45) is 3.85. The lowest BCUT2D eigenvalue weighted by Gasteiger charge is -2.26. The molecular weight excluding hydrogens is 430 g/mol. The molecule has 1 heterocycles. The summed E-state index contributed by atoms with van der Waals surface area (Å²) in [7, 11) is -0.0764. The van der Waals surface area contributed by atoms with Gasteiger partial charge >= 0.3 is 0 Å². The van der Waals surface area contributed by atoms with Gasteiger partial charge in [0.15, 0.2) is 0 Å². The van der Waals surface area contributed by atoms with Crippen molar-refractivity contribution in [3.05, 3.63) is 59.2 Å². The Labute approximate surface area is 190 Å². The first-order chi connectivity index (χ1) is 15.3. The molecule has 1 fully saturated rings. The Morgan fingerprint density at radius 3 is 2.31 bits per heavy atom. The highest BCUT2D eigenvalue weighted by molar-refractivity contribution is 7.89. The van der Waals surface area contributed by atoms with E-state index in [-0.39, 0.29) is 22.1 Å². The van der Waals surface area contributed by atoms with E-state index in [2.05, 4.69) is 22.3 Å². The molecule has 9 heteroatoms. The van der Waals surface area contributed by atoms with E-state index in [9.17, 15) is 13.2 Å². The van der Waals surface area contributed by atoms with E-state index in [1.54, 1.807) is 0 Å². The van der Waals surface area contributed by atoms with Gasteiger partial charge in [0.25, 0.3) is 15.9 Å². The molecule has 1 aliphatic rings. The molecule has 0 unspecified atom stereocenters. The minimum absolute atomic E-state index is 0.134. The van der Waals surface area contributed by atoms with Crippen molar-refractivity contribution in [3.63, 3.8) is 0 Å². The first-order valence-corrected chi connectivity index (χ1v) is 12.1. The molecule has 0 saturated carbocycles. The number of likely N-dealkylation sites (tertiary alicyclic amines) is 1. The molecule has 0 aromatic heterocycles. The summed E-state index contributed by atoms with van der Waals surface area (Å²) in [6, 6.07) is 12.5. The summed E-state index contributed by atoms with van der Waals surface area (Å²) in [5.74, 6) is -0.240. The molecule has 1 amide bonds. The van der Waals surface area contributed by atoms with E-state index in [4.69, 9.17) is 9.57 Å². The quantitative estimate of drug-likeness (QED) is 0.578. The third-order valence-electron chi connectivity index (χ3n) is 5.63. The normalized spacial score (nSPS) is 15.0. The van der Waals surface area contributed by atoms with E-state index in [1.807, 2.05) is 12.1 Å². The number of carbonyl (C=O) groups is 1. The Kier molecular flexibility index (Phi) is 8.25. The number of nitrogens with one attached hydrogen (secondary N) is 1. The van der Waals surface area contributed by atoms with Crippen molar-refractivity contribution in [2.24, 2.45) is 0 Å². The third kappa shape index (κ3) is 5.86. The summed E-state index contributed by atoms with van der Waals surface area (Å²) >= 11 is 0. The van der Waals surface area contributed by atoms with Gasteiger partial charge in [-0.05, 0) is 55.3 Å². The number of amides is 1. The molecule has 0 atom stereocenters. The second kappa shape index (κ2) is 10.9. The van der Waals surface area contributed by atoms with Gasteiger partial charge in [0, 0.05) is 25.7 Å². The molecule has 0 bridgehead atoms. The molecule has 174 valence electrons. The molecule has 1 N–H and O–H groups in total. The van der Waals surface area contributed by atoms with E-state index in [1.165, 1.54) is 64.3 Å². The van der Waals surface area contributed by atoms with Gasteiger partial charge in [-0.2, -0.15) is 0 Å². The van der Waals surface area contributed by atoms with Gasteiger partial charge in [0.1, 0.15) is 10.6 Å². The van der Waals surface area contributed by atoms with Gasteiger partial charge in [0.2, 0.25) is 0 Å². The van der Waals surface area contributed by atoms with E-state index < -0.39 is 10.0 Å². The maximum atomic E-state index is 12.7. The maximum absolute atomic E-state index is 12.7. The van der Waals surface area contributed by atoms with Crippen LogP contribution in [0.3, 0.4) is 0 Å². The molecule has 1 saturated heterocycles. The van der Waals surface area contributed by atoms with Crippen molar-refractivity contribution in [1.29, 1.82) is 0 Å². The Hall–Kier alpha value is -2.46. The van der Waals surface area contributed by atoms with Gasteiger partial charge < -0.3 is 10.1 Å². The Balaban J connectivity index is 1.65. The highest BCUT2D eigenvalue weighted by Crippen LogP contribution is 2.27. The largest absolute Gasteiger partial charge is 0.495 e. The lowest BCUT2D eigenvalue weighted by molar-refractivity contribution is -0.0259. The number of ether oxygens (including phenoxy) is 1. The van der Waals surface area contributed by atoms with Gasteiger partial charge in [-0.15, -0.1) is 0 Å². The summed E-state index contributed by atoms with van der Waals surface area (Å²) < 4.78 is 31.2. The number of piperidine rings is 1. The molecule has 0 radical (unpaired) electrons. The molecule has 2 aromatic carbocycles. The van der Waals surface area contributed by atoms with E-state index >= 15 is 0 Å². The first-order valence-electron chi connectivity index (χ1n) is 10.6. The average Bonchev–Trinajstić information content (AvgIpc) is 2.83. The number of hydrogen-bond acceptors (Lipinski definition) is 6. The minimum atomic E-state index is -3.97. The van der Waals surface area contributed by atoms with Crippen LogP contribution in [0.5, 0.6) is 5.75 Å². The number of hydrogen-bond donors (Lipinski definition) is 1. The number of methoxy groups -OCH3 is 1. The first kappa shape index (κ1) is 24.2. The number of sulfonamides is 1. The van der Waals surface area contributed by atoms with Crippen molar-refractivity contribution < 1.29 is 22.8 Å². The second-order valence-electron chi connectivity index (χ2n) is 7.80. The highest BCUT2D eigenvalue weighted by Gasteiger charge is 2.26. The zero-order chi connectivity index (χ0) is 23.1. The smallest absolute Gasteiger partial charge is 0.268 e. The number of nitrogens with zero attached hydrogens (tertiary/aromatic N) is 2. The molecule has 2 aromatic rings. The number of hydroxylamine groups is 1. The standard InChI is InChI=1S/C23H31N3O5S/c1-25(31-3)32(28,29)22-15-20(11-12-21(22)30-2)23(27)24-16-18-7-9-19(10-8-18)17-26-13-5-4-6-14-26/h7-12,15H,4-6,13-14,16-17H2,1-3H3,(H,24,27). The Morgan fingerprint density at radius 2 is 1.69 bits per heavy atom. The molecular formula is C23H31N3O5S. The van der Waals surface area contributed by atoms with Crippen LogP contribution in [0.1, 0.15) is 40.7 Å². The maximum Gasteiger partial charge on any atom is 0.268 e. The van der Waals surface area contributed by atoms with Gasteiger partial charge in [-0.25, -0.2) is 8.42 Å². The van der Waals surface area contributed by atoms with Crippen molar-refractivity contribution in [3.8, 4) is 5.75 Å². The lowest BCUT2D eigenvalue weighted by atomic mass is 10.1. The van der Waals surface area contributed by atoms with Crippen LogP contribution in [-0.4, -0.2) is 58.1 Å². The highest BCUT2D eigenvalue weighted by atomic mass is 32.2. The fourth-order valence-corrected chi connectivity index (χ4v) is 4.83. The second-order valence-corrected chi connectivity index (χ2v) is 9.70. The summed E-state index contributed by atoms with van der Waals surface area (Å²) in [6.45, 7) is 3.59. The molecule has 3 rings (SSSR count).